The molecule has 6 nitrogen and oxygen atoms in total. The van der Waals surface area contributed by atoms with E-state index in [4.69, 9.17) is 5.11 Å². The minimum Gasteiger partial charge on any atom is -0.481 e. The van der Waals surface area contributed by atoms with Gasteiger partial charge in [0, 0.05) is 26.1 Å². The van der Waals surface area contributed by atoms with E-state index >= 15 is 0 Å². The second-order valence-electron chi connectivity index (χ2n) is 3.50. The lowest BCUT2D eigenvalue weighted by Crippen LogP contribution is -2.36. The summed E-state index contributed by atoms with van der Waals surface area (Å²) in [6, 6.07) is 0. The van der Waals surface area contributed by atoms with E-state index < -0.39 is 5.97 Å². The molecule has 2 aliphatic rings. The fourth-order valence-electron chi connectivity index (χ4n) is 1.70. The standard InChI is InChI=1S/C8H14N4O2/c13-8(14)2-4-12-3-1-6-7(5-12)10-11-9-6/h9-11H,1-5H2,(H,13,14). The van der Waals surface area contributed by atoms with Crippen molar-refractivity contribution in [2.24, 2.45) is 0 Å². The molecule has 0 aromatic rings. The zero-order valence-corrected chi connectivity index (χ0v) is 7.84. The third-order valence-corrected chi connectivity index (χ3v) is 2.49. The summed E-state index contributed by atoms with van der Waals surface area (Å²) in [6.07, 6.45) is 1.15. The largest absolute Gasteiger partial charge is 0.481 e. The van der Waals surface area contributed by atoms with Crippen LogP contribution in [0, 0.1) is 0 Å². The maximum absolute atomic E-state index is 10.4. The van der Waals surface area contributed by atoms with E-state index in [-0.39, 0.29) is 6.42 Å². The molecule has 0 bridgehead atoms. The van der Waals surface area contributed by atoms with Crippen LogP contribution < -0.4 is 16.4 Å². The average Bonchev–Trinajstić information content (AvgIpc) is 2.61. The van der Waals surface area contributed by atoms with Crippen LogP contribution in [0.15, 0.2) is 11.4 Å². The number of aliphatic carboxylic acids is 1. The molecule has 2 heterocycles. The Hall–Kier alpha value is -1.27. The van der Waals surface area contributed by atoms with Gasteiger partial charge in [-0.2, -0.15) is 5.53 Å². The summed E-state index contributed by atoms with van der Waals surface area (Å²) in [5.41, 5.74) is 11.2. The number of hydrogen-bond acceptors (Lipinski definition) is 5. The molecule has 0 aliphatic carbocycles. The van der Waals surface area contributed by atoms with Gasteiger partial charge in [-0.15, -0.1) is 0 Å². The van der Waals surface area contributed by atoms with Gasteiger partial charge < -0.3 is 16.0 Å². The highest BCUT2D eigenvalue weighted by molar-refractivity contribution is 5.66. The van der Waals surface area contributed by atoms with Crippen molar-refractivity contribution in [3.8, 4) is 0 Å². The molecule has 4 N–H and O–H groups in total. The Morgan fingerprint density at radius 3 is 3.00 bits per heavy atom. The van der Waals surface area contributed by atoms with Crippen molar-refractivity contribution in [2.75, 3.05) is 19.6 Å². The van der Waals surface area contributed by atoms with Crippen molar-refractivity contribution >= 4 is 5.97 Å². The zero-order chi connectivity index (χ0) is 9.97. The molecule has 0 saturated heterocycles. The first kappa shape index (κ1) is 9.29. The maximum atomic E-state index is 10.4. The third kappa shape index (κ3) is 1.97. The van der Waals surface area contributed by atoms with Gasteiger partial charge in [-0.3, -0.25) is 9.69 Å². The molecule has 14 heavy (non-hydrogen) atoms. The van der Waals surface area contributed by atoms with Gasteiger partial charge in [-0.25, -0.2) is 0 Å². The lowest BCUT2D eigenvalue weighted by Gasteiger charge is -2.26. The molecule has 0 atom stereocenters. The summed E-state index contributed by atoms with van der Waals surface area (Å²) >= 11 is 0. The van der Waals surface area contributed by atoms with E-state index in [1.54, 1.807) is 0 Å². The maximum Gasteiger partial charge on any atom is 0.304 e. The Morgan fingerprint density at radius 2 is 2.21 bits per heavy atom. The first-order chi connectivity index (χ1) is 6.75. The highest BCUT2D eigenvalue weighted by atomic mass is 16.4. The predicted molar refractivity (Wildman–Crippen MR) is 49.7 cm³/mol. The monoisotopic (exact) mass is 198 g/mol. The molecule has 0 fully saturated rings. The van der Waals surface area contributed by atoms with Crippen LogP contribution in [0.5, 0.6) is 0 Å². The first-order valence-corrected chi connectivity index (χ1v) is 4.69. The molecule has 0 spiro atoms. The minimum atomic E-state index is -0.736. The number of nitrogens with one attached hydrogen (secondary N) is 3. The first-order valence-electron chi connectivity index (χ1n) is 4.69. The summed E-state index contributed by atoms with van der Waals surface area (Å²) in [6.45, 7) is 2.33. The molecule has 0 radical (unpaired) electrons. The van der Waals surface area contributed by atoms with E-state index in [0.717, 1.165) is 25.2 Å². The normalized spacial score (nSPS) is 21.4. The molecule has 0 amide bonds. The minimum absolute atomic E-state index is 0.212. The SMILES string of the molecule is O=C(O)CCN1CCC2=C(C1)NNN2. The Balaban J connectivity index is 1.84. The highest BCUT2D eigenvalue weighted by Crippen LogP contribution is 2.15. The predicted octanol–water partition coefficient (Wildman–Crippen LogP) is -1.01. The number of carboxylic acids is 1. The zero-order valence-electron chi connectivity index (χ0n) is 7.84. The Kier molecular flexibility index (Phi) is 2.55. The van der Waals surface area contributed by atoms with Gasteiger partial charge in [-0.1, -0.05) is 0 Å². The van der Waals surface area contributed by atoms with Crippen molar-refractivity contribution in [3.05, 3.63) is 11.4 Å². The smallest absolute Gasteiger partial charge is 0.304 e. The molecule has 0 unspecified atom stereocenters. The van der Waals surface area contributed by atoms with E-state index in [1.165, 1.54) is 5.70 Å². The molecular formula is C8H14N4O2. The van der Waals surface area contributed by atoms with Crippen LogP contribution in [0.2, 0.25) is 0 Å². The lowest BCUT2D eigenvalue weighted by molar-refractivity contribution is -0.137. The van der Waals surface area contributed by atoms with Crippen LogP contribution in [0.25, 0.3) is 0 Å². The molecular weight excluding hydrogens is 184 g/mol. The Labute approximate surface area is 81.9 Å². The fourth-order valence-corrected chi connectivity index (χ4v) is 1.70. The van der Waals surface area contributed by atoms with Crippen molar-refractivity contribution < 1.29 is 9.90 Å². The van der Waals surface area contributed by atoms with E-state index in [1.807, 2.05) is 0 Å². The van der Waals surface area contributed by atoms with Crippen molar-refractivity contribution in [1.82, 2.24) is 21.3 Å². The van der Waals surface area contributed by atoms with E-state index in [9.17, 15) is 4.79 Å². The van der Waals surface area contributed by atoms with Gasteiger partial charge in [0.05, 0.1) is 17.8 Å². The van der Waals surface area contributed by atoms with Crippen molar-refractivity contribution in [2.45, 2.75) is 12.8 Å². The molecule has 2 rings (SSSR count). The van der Waals surface area contributed by atoms with Gasteiger partial charge >= 0.3 is 5.97 Å². The van der Waals surface area contributed by atoms with Crippen LogP contribution in [0.3, 0.4) is 0 Å². The van der Waals surface area contributed by atoms with Gasteiger partial charge in [0.1, 0.15) is 0 Å². The molecule has 78 valence electrons. The highest BCUT2D eigenvalue weighted by Gasteiger charge is 2.22. The Bertz CT molecular complexity index is 277. The molecule has 0 saturated carbocycles. The summed E-state index contributed by atoms with van der Waals surface area (Å²) in [4.78, 5) is 12.5. The van der Waals surface area contributed by atoms with Crippen LogP contribution in [-0.4, -0.2) is 35.6 Å². The lowest BCUT2D eigenvalue weighted by atomic mass is 10.1. The molecule has 0 aromatic carbocycles. The second-order valence-corrected chi connectivity index (χ2v) is 3.50. The second kappa shape index (κ2) is 3.85. The van der Waals surface area contributed by atoms with Gasteiger partial charge in [0.15, 0.2) is 0 Å². The summed E-state index contributed by atoms with van der Waals surface area (Å²) in [7, 11) is 0. The number of carboxylic acid groups (broad SMARTS) is 1. The van der Waals surface area contributed by atoms with Gasteiger partial charge in [-0.05, 0) is 0 Å². The summed E-state index contributed by atoms with van der Waals surface area (Å²) in [5, 5.41) is 8.55. The van der Waals surface area contributed by atoms with Gasteiger partial charge in [0.2, 0.25) is 0 Å². The summed E-state index contributed by atoms with van der Waals surface area (Å²) in [5.74, 6) is -0.736. The van der Waals surface area contributed by atoms with Crippen LogP contribution in [-0.2, 0) is 4.79 Å². The van der Waals surface area contributed by atoms with Crippen molar-refractivity contribution in [3.63, 3.8) is 0 Å². The van der Waals surface area contributed by atoms with E-state index in [2.05, 4.69) is 21.3 Å². The Morgan fingerprint density at radius 1 is 1.43 bits per heavy atom. The molecule has 2 aliphatic heterocycles. The van der Waals surface area contributed by atoms with Crippen LogP contribution in [0.4, 0.5) is 0 Å². The van der Waals surface area contributed by atoms with Gasteiger partial charge in [0.25, 0.3) is 0 Å². The average molecular weight is 198 g/mol. The molecule has 0 aromatic heterocycles. The number of hydrogen-bond donors (Lipinski definition) is 4. The van der Waals surface area contributed by atoms with E-state index in [0.29, 0.717) is 6.54 Å². The quantitative estimate of drug-likeness (QED) is 0.465. The van der Waals surface area contributed by atoms with Crippen LogP contribution >= 0.6 is 0 Å². The number of rotatable bonds is 3. The number of hydrazine groups is 2. The molecule has 6 heteroatoms. The van der Waals surface area contributed by atoms with Crippen molar-refractivity contribution in [1.29, 1.82) is 0 Å². The topological polar surface area (TPSA) is 76.6 Å². The number of carbonyl (C=O) groups is 1. The number of nitrogens with zero attached hydrogens (tertiary/aromatic N) is 1. The summed E-state index contributed by atoms with van der Waals surface area (Å²) < 4.78 is 0. The third-order valence-electron chi connectivity index (χ3n) is 2.49. The van der Waals surface area contributed by atoms with Crippen LogP contribution in [0.1, 0.15) is 12.8 Å². The fraction of sp³-hybridized carbons (Fsp3) is 0.625.